The molecule has 1 nitrogen and oxygen atoms in total. The number of hydrogen-bond donors (Lipinski definition) is 1. The van der Waals surface area contributed by atoms with Gasteiger partial charge in [0.15, 0.2) is 0 Å². The predicted octanol–water partition coefficient (Wildman–Crippen LogP) is 3.62. The van der Waals surface area contributed by atoms with Gasteiger partial charge in [-0.2, -0.15) is 0 Å². The van der Waals surface area contributed by atoms with Gasteiger partial charge in [-0.25, -0.2) is 4.39 Å². The zero-order valence-electron chi connectivity index (χ0n) is 10.1. The molecule has 0 radical (unpaired) electrons. The summed E-state index contributed by atoms with van der Waals surface area (Å²) < 4.78 is 14.5. The van der Waals surface area contributed by atoms with Crippen molar-refractivity contribution in [1.29, 1.82) is 0 Å². The molecule has 16 heavy (non-hydrogen) atoms. The quantitative estimate of drug-likeness (QED) is 0.872. The fraction of sp³-hybridized carbons (Fsp3) is 0.538. The lowest BCUT2D eigenvalue weighted by molar-refractivity contribution is 0.366. The Hall–Kier alpha value is -0.410. The summed E-state index contributed by atoms with van der Waals surface area (Å²) in [5.74, 6) is 0.907. The molecule has 90 valence electrons. The summed E-state index contributed by atoms with van der Waals surface area (Å²) in [6.07, 6.45) is 0.782. The summed E-state index contributed by atoms with van der Waals surface area (Å²) >= 11 is 3.38. The molecule has 3 heteroatoms. The summed E-state index contributed by atoms with van der Waals surface area (Å²) in [5, 5.41) is 3.17. The van der Waals surface area contributed by atoms with Crippen LogP contribution in [0.15, 0.2) is 22.7 Å². The van der Waals surface area contributed by atoms with E-state index in [0.717, 1.165) is 23.0 Å². The summed E-state index contributed by atoms with van der Waals surface area (Å²) in [4.78, 5) is 0. The van der Waals surface area contributed by atoms with Crippen molar-refractivity contribution in [2.75, 3.05) is 13.6 Å². The van der Waals surface area contributed by atoms with E-state index in [2.05, 4.69) is 35.1 Å². The zero-order chi connectivity index (χ0) is 12.1. The first-order chi connectivity index (χ1) is 7.54. The predicted molar refractivity (Wildman–Crippen MR) is 70.1 cm³/mol. The second-order valence-corrected chi connectivity index (χ2v) is 5.42. The maximum Gasteiger partial charge on any atom is 0.126 e. The van der Waals surface area contributed by atoms with Crippen LogP contribution in [0.5, 0.6) is 0 Å². The first kappa shape index (κ1) is 13.7. The van der Waals surface area contributed by atoms with Gasteiger partial charge in [-0.3, -0.25) is 0 Å². The van der Waals surface area contributed by atoms with Crippen LogP contribution in [0.2, 0.25) is 0 Å². The Bertz CT molecular complexity index is 339. The molecule has 0 fully saturated rings. The maximum atomic E-state index is 13.6. The van der Waals surface area contributed by atoms with Crippen molar-refractivity contribution in [3.8, 4) is 0 Å². The van der Waals surface area contributed by atoms with E-state index in [1.807, 2.05) is 13.1 Å². The molecule has 0 heterocycles. The molecule has 0 saturated heterocycles. The van der Waals surface area contributed by atoms with Gasteiger partial charge in [0.2, 0.25) is 0 Å². The molecule has 0 aliphatic rings. The smallest absolute Gasteiger partial charge is 0.126 e. The third kappa shape index (κ3) is 3.87. The summed E-state index contributed by atoms with van der Waals surface area (Å²) in [6.45, 7) is 5.28. The van der Waals surface area contributed by atoms with Gasteiger partial charge in [0.1, 0.15) is 5.82 Å². The van der Waals surface area contributed by atoms with E-state index in [9.17, 15) is 4.39 Å². The van der Waals surface area contributed by atoms with E-state index in [-0.39, 0.29) is 5.82 Å². The summed E-state index contributed by atoms with van der Waals surface area (Å²) in [6, 6.07) is 5.14. The van der Waals surface area contributed by atoms with Crippen LogP contribution in [0.25, 0.3) is 0 Å². The highest BCUT2D eigenvalue weighted by Crippen LogP contribution is 2.22. The Morgan fingerprint density at radius 2 is 2.06 bits per heavy atom. The third-order valence-electron chi connectivity index (χ3n) is 2.90. The highest BCUT2D eigenvalue weighted by molar-refractivity contribution is 9.10. The minimum absolute atomic E-state index is 0.107. The molecular weight excluding hydrogens is 269 g/mol. The van der Waals surface area contributed by atoms with E-state index >= 15 is 0 Å². The number of nitrogens with one attached hydrogen (secondary N) is 1. The fourth-order valence-electron chi connectivity index (χ4n) is 1.79. The van der Waals surface area contributed by atoms with Crippen molar-refractivity contribution in [1.82, 2.24) is 5.32 Å². The number of rotatable bonds is 5. The van der Waals surface area contributed by atoms with Gasteiger partial charge in [0, 0.05) is 4.47 Å². The Labute approximate surface area is 106 Å². The Balaban J connectivity index is 2.80. The average molecular weight is 288 g/mol. The second-order valence-electron chi connectivity index (χ2n) is 4.50. The van der Waals surface area contributed by atoms with Crippen LogP contribution in [0.4, 0.5) is 4.39 Å². The molecule has 1 aromatic rings. The molecule has 0 amide bonds. The number of benzene rings is 1. The van der Waals surface area contributed by atoms with E-state index in [4.69, 9.17) is 0 Å². The molecule has 1 unspecified atom stereocenters. The zero-order valence-corrected chi connectivity index (χ0v) is 11.6. The Morgan fingerprint density at radius 3 is 2.62 bits per heavy atom. The first-order valence-corrected chi connectivity index (χ1v) is 6.42. The van der Waals surface area contributed by atoms with Gasteiger partial charge < -0.3 is 5.32 Å². The lowest BCUT2D eigenvalue weighted by atomic mass is 9.89. The summed E-state index contributed by atoms with van der Waals surface area (Å²) in [5.41, 5.74) is 0.795. The van der Waals surface area contributed by atoms with Crippen molar-refractivity contribution >= 4 is 15.9 Å². The van der Waals surface area contributed by atoms with Gasteiger partial charge in [0.05, 0.1) is 0 Å². The molecular formula is C13H19BrFN. The Morgan fingerprint density at radius 1 is 1.38 bits per heavy atom. The Kier molecular flexibility index (Phi) is 5.42. The summed E-state index contributed by atoms with van der Waals surface area (Å²) in [7, 11) is 1.94. The molecule has 0 aromatic heterocycles. The highest BCUT2D eigenvalue weighted by Gasteiger charge is 2.15. The lowest BCUT2D eigenvalue weighted by Crippen LogP contribution is -2.25. The van der Waals surface area contributed by atoms with Crippen molar-refractivity contribution in [3.63, 3.8) is 0 Å². The van der Waals surface area contributed by atoms with Crippen LogP contribution >= 0.6 is 15.9 Å². The van der Waals surface area contributed by atoms with E-state index < -0.39 is 0 Å². The second kappa shape index (κ2) is 6.36. The lowest BCUT2D eigenvalue weighted by Gasteiger charge is -2.20. The monoisotopic (exact) mass is 287 g/mol. The molecule has 0 aliphatic carbocycles. The van der Waals surface area contributed by atoms with Gasteiger partial charge in [-0.15, -0.1) is 0 Å². The first-order valence-electron chi connectivity index (χ1n) is 5.63. The maximum absolute atomic E-state index is 13.6. The molecule has 1 N–H and O–H groups in total. The minimum Gasteiger partial charge on any atom is -0.319 e. The molecule has 0 aliphatic heterocycles. The van der Waals surface area contributed by atoms with Gasteiger partial charge >= 0.3 is 0 Å². The minimum atomic E-state index is -0.107. The number of hydrogen-bond acceptors (Lipinski definition) is 1. The molecule has 0 bridgehead atoms. The topological polar surface area (TPSA) is 12.0 Å². The average Bonchev–Trinajstić information content (AvgIpc) is 2.22. The fourth-order valence-corrected chi connectivity index (χ4v) is 2.20. The largest absolute Gasteiger partial charge is 0.319 e. The third-order valence-corrected chi connectivity index (χ3v) is 3.39. The molecule has 0 spiro atoms. The molecule has 1 rings (SSSR count). The van der Waals surface area contributed by atoms with E-state index in [0.29, 0.717) is 11.8 Å². The van der Waals surface area contributed by atoms with Gasteiger partial charge in [0.25, 0.3) is 0 Å². The van der Waals surface area contributed by atoms with Crippen molar-refractivity contribution < 1.29 is 4.39 Å². The van der Waals surface area contributed by atoms with Crippen LogP contribution in [0.3, 0.4) is 0 Å². The van der Waals surface area contributed by atoms with Crippen LogP contribution in [0.1, 0.15) is 19.4 Å². The SMILES string of the molecule is CNCC(Cc1cc(Br)ccc1F)C(C)C. The number of halogens is 2. The normalized spacial score (nSPS) is 13.1. The molecule has 0 saturated carbocycles. The molecule has 1 atom stereocenters. The van der Waals surface area contributed by atoms with Gasteiger partial charge in [-0.1, -0.05) is 29.8 Å². The van der Waals surface area contributed by atoms with E-state index in [1.54, 1.807) is 6.07 Å². The van der Waals surface area contributed by atoms with Gasteiger partial charge in [-0.05, 0) is 55.6 Å². The van der Waals surface area contributed by atoms with E-state index in [1.165, 1.54) is 6.07 Å². The van der Waals surface area contributed by atoms with Crippen molar-refractivity contribution in [2.24, 2.45) is 11.8 Å². The van der Waals surface area contributed by atoms with Crippen molar-refractivity contribution in [3.05, 3.63) is 34.1 Å². The van der Waals surface area contributed by atoms with Crippen LogP contribution in [-0.2, 0) is 6.42 Å². The van der Waals surface area contributed by atoms with Crippen LogP contribution in [-0.4, -0.2) is 13.6 Å². The van der Waals surface area contributed by atoms with Crippen LogP contribution < -0.4 is 5.32 Å². The van der Waals surface area contributed by atoms with Crippen LogP contribution in [0, 0.1) is 17.7 Å². The molecule has 1 aromatic carbocycles. The highest BCUT2D eigenvalue weighted by atomic mass is 79.9. The van der Waals surface area contributed by atoms with Crippen molar-refractivity contribution in [2.45, 2.75) is 20.3 Å². The standard InChI is InChI=1S/C13H19BrFN/c1-9(2)11(8-16-3)6-10-7-12(14)4-5-13(10)15/h4-5,7,9,11,16H,6,8H2,1-3H3.